The van der Waals surface area contributed by atoms with E-state index in [9.17, 15) is 4.79 Å². The van der Waals surface area contributed by atoms with E-state index in [0.29, 0.717) is 24.0 Å². The number of esters is 1. The van der Waals surface area contributed by atoms with Gasteiger partial charge in [0.1, 0.15) is 5.56 Å². The van der Waals surface area contributed by atoms with Crippen LogP contribution in [0.2, 0.25) is 0 Å². The number of carbonyl (C=O) groups is 1. The molecule has 1 aliphatic rings. The largest absolute Gasteiger partial charge is 0.480 e. The summed E-state index contributed by atoms with van der Waals surface area (Å²) in [6.45, 7) is 4.18. The van der Waals surface area contributed by atoms with Crippen molar-refractivity contribution < 1.29 is 14.3 Å². The molecular weight excluding hydrogens is 278 g/mol. The maximum atomic E-state index is 12.1. The van der Waals surface area contributed by atoms with Gasteiger partial charge in [-0.3, -0.25) is 0 Å². The number of methoxy groups -OCH3 is 1. The predicted octanol–water partition coefficient (Wildman–Crippen LogP) is 4.00. The molecule has 0 spiro atoms. The molecule has 4 heteroatoms. The maximum absolute atomic E-state index is 12.1. The molecule has 0 amide bonds. The minimum Gasteiger partial charge on any atom is -0.480 e. The number of hydrogen-bond acceptors (Lipinski definition) is 4. The number of rotatable bonds is 4. The van der Waals surface area contributed by atoms with Crippen molar-refractivity contribution in [2.75, 3.05) is 13.7 Å². The summed E-state index contributed by atoms with van der Waals surface area (Å²) in [5, 5.41) is 0.979. The molecule has 116 valence electrons. The fourth-order valence-corrected chi connectivity index (χ4v) is 2.95. The highest BCUT2D eigenvalue weighted by molar-refractivity contribution is 5.97. The van der Waals surface area contributed by atoms with Gasteiger partial charge in [-0.05, 0) is 55.9 Å². The molecule has 4 nitrogen and oxygen atoms in total. The number of aromatic nitrogens is 1. The number of carbonyl (C=O) groups excluding carboxylic acids is 1. The first-order valence-electron chi connectivity index (χ1n) is 7.80. The third-order valence-electron chi connectivity index (χ3n) is 4.39. The van der Waals surface area contributed by atoms with E-state index in [1.165, 1.54) is 31.9 Å². The van der Waals surface area contributed by atoms with Gasteiger partial charge >= 0.3 is 5.97 Å². The Hall–Kier alpha value is -2.10. The highest BCUT2D eigenvalue weighted by Gasteiger charge is 2.22. The van der Waals surface area contributed by atoms with Gasteiger partial charge in [-0.2, -0.15) is 0 Å². The summed E-state index contributed by atoms with van der Waals surface area (Å²) >= 11 is 0. The van der Waals surface area contributed by atoms with Gasteiger partial charge in [-0.25, -0.2) is 9.78 Å². The first kappa shape index (κ1) is 14.8. The quantitative estimate of drug-likeness (QED) is 0.801. The van der Waals surface area contributed by atoms with E-state index in [1.54, 1.807) is 6.92 Å². The second-order valence-electron chi connectivity index (χ2n) is 5.80. The van der Waals surface area contributed by atoms with Crippen LogP contribution in [0.3, 0.4) is 0 Å². The first-order chi connectivity index (χ1) is 10.6. The molecule has 0 aliphatic heterocycles. The molecule has 2 aromatic rings. The van der Waals surface area contributed by atoms with Crippen LogP contribution in [0.25, 0.3) is 10.9 Å². The topological polar surface area (TPSA) is 48.4 Å². The molecule has 22 heavy (non-hydrogen) atoms. The van der Waals surface area contributed by atoms with Gasteiger partial charge in [-0.15, -0.1) is 0 Å². The zero-order valence-electron chi connectivity index (χ0n) is 13.3. The Morgan fingerprint density at radius 2 is 2.09 bits per heavy atom. The zero-order chi connectivity index (χ0) is 15.7. The van der Waals surface area contributed by atoms with Crippen LogP contribution in [0.15, 0.2) is 18.2 Å². The van der Waals surface area contributed by atoms with Crippen LogP contribution in [0.5, 0.6) is 5.88 Å². The monoisotopic (exact) mass is 299 g/mol. The molecule has 0 atom stereocenters. The zero-order valence-corrected chi connectivity index (χ0v) is 13.3. The molecule has 0 radical (unpaired) electrons. The van der Waals surface area contributed by atoms with E-state index >= 15 is 0 Å². The van der Waals surface area contributed by atoms with Gasteiger partial charge in [-0.1, -0.05) is 12.5 Å². The standard InChI is InChI=1S/C18H21NO3/c1-4-22-18(20)15-10-14-11(2)8-13(12-6-5-7-12)9-16(14)19-17(15)21-3/h8-10,12H,4-7H2,1-3H3. The van der Waals surface area contributed by atoms with Crippen molar-refractivity contribution in [1.82, 2.24) is 4.98 Å². The van der Waals surface area contributed by atoms with Gasteiger partial charge < -0.3 is 9.47 Å². The van der Waals surface area contributed by atoms with Gasteiger partial charge in [0.25, 0.3) is 0 Å². The number of fused-ring (bicyclic) bond motifs is 1. The molecule has 1 aromatic carbocycles. The van der Waals surface area contributed by atoms with Gasteiger partial charge in [0.15, 0.2) is 0 Å². The fraction of sp³-hybridized carbons (Fsp3) is 0.444. The van der Waals surface area contributed by atoms with E-state index in [2.05, 4.69) is 24.0 Å². The lowest BCUT2D eigenvalue weighted by atomic mass is 9.79. The van der Waals surface area contributed by atoms with Crippen LogP contribution in [-0.2, 0) is 4.74 Å². The Labute approximate surface area is 130 Å². The highest BCUT2D eigenvalue weighted by Crippen LogP contribution is 2.38. The van der Waals surface area contributed by atoms with Crippen LogP contribution in [0.1, 0.15) is 53.6 Å². The molecule has 3 rings (SSSR count). The molecule has 0 saturated heterocycles. The van der Waals surface area contributed by atoms with Gasteiger partial charge in [0.2, 0.25) is 5.88 Å². The van der Waals surface area contributed by atoms with E-state index in [-0.39, 0.29) is 0 Å². The lowest BCUT2D eigenvalue weighted by Gasteiger charge is -2.26. The molecular formula is C18H21NO3. The number of hydrogen-bond donors (Lipinski definition) is 0. The number of pyridine rings is 1. The number of nitrogens with zero attached hydrogens (tertiary/aromatic N) is 1. The Morgan fingerprint density at radius 3 is 2.68 bits per heavy atom. The summed E-state index contributed by atoms with van der Waals surface area (Å²) in [6, 6.07) is 6.18. The minimum absolute atomic E-state index is 0.330. The van der Waals surface area contributed by atoms with Crippen LogP contribution in [0.4, 0.5) is 0 Å². The summed E-state index contributed by atoms with van der Waals surface area (Å²) in [5.41, 5.74) is 3.75. The second-order valence-corrected chi connectivity index (χ2v) is 5.80. The van der Waals surface area contributed by atoms with E-state index in [0.717, 1.165) is 16.5 Å². The SMILES string of the molecule is CCOC(=O)c1cc2c(C)cc(C3CCC3)cc2nc1OC. The number of aryl methyl sites for hydroxylation is 1. The fourth-order valence-electron chi connectivity index (χ4n) is 2.95. The Kier molecular flexibility index (Phi) is 4.01. The average molecular weight is 299 g/mol. The van der Waals surface area contributed by atoms with E-state index in [4.69, 9.17) is 9.47 Å². The summed E-state index contributed by atoms with van der Waals surface area (Å²) < 4.78 is 10.4. The van der Waals surface area contributed by atoms with E-state index in [1.807, 2.05) is 6.07 Å². The van der Waals surface area contributed by atoms with Crippen LogP contribution < -0.4 is 4.74 Å². The summed E-state index contributed by atoms with van der Waals surface area (Å²) in [6.07, 6.45) is 3.81. The van der Waals surface area contributed by atoms with Gasteiger partial charge in [0, 0.05) is 5.39 Å². The Balaban J connectivity index is 2.12. The lowest BCUT2D eigenvalue weighted by molar-refractivity contribution is 0.0522. The van der Waals surface area contributed by atoms with Crippen molar-refractivity contribution in [2.24, 2.45) is 0 Å². The molecule has 0 N–H and O–H groups in total. The summed E-state index contributed by atoms with van der Waals surface area (Å²) in [4.78, 5) is 16.6. The van der Waals surface area contributed by atoms with Crippen LogP contribution >= 0.6 is 0 Å². The van der Waals surface area contributed by atoms with Crippen molar-refractivity contribution in [3.8, 4) is 5.88 Å². The molecule has 0 unspecified atom stereocenters. The highest BCUT2D eigenvalue weighted by atomic mass is 16.5. The van der Waals surface area contributed by atoms with Crippen molar-refractivity contribution in [3.63, 3.8) is 0 Å². The second kappa shape index (κ2) is 5.95. The van der Waals surface area contributed by atoms with Crippen molar-refractivity contribution >= 4 is 16.9 Å². The third kappa shape index (κ3) is 2.54. The summed E-state index contributed by atoms with van der Waals surface area (Å²) in [7, 11) is 1.53. The number of benzene rings is 1. The molecule has 1 fully saturated rings. The van der Waals surface area contributed by atoms with Crippen LogP contribution in [-0.4, -0.2) is 24.7 Å². The number of ether oxygens (including phenoxy) is 2. The molecule has 1 aliphatic carbocycles. The third-order valence-corrected chi connectivity index (χ3v) is 4.39. The average Bonchev–Trinajstić information content (AvgIpc) is 2.44. The molecule has 1 saturated carbocycles. The lowest BCUT2D eigenvalue weighted by Crippen LogP contribution is -2.10. The molecule has 0 bridgehead atoms. The van der Waals surface area contributed by atoms with Crippen molar-refractivity contribution in [2.45, 2.75) is 39.0 Å². The van der Waals surface area contributed by atoms with Crippen molar-refractivity contribution in [1.29, 1.82) is 0 Å². The normalized spacial score (nSPS) is 14.7. The molecule has 1 aromatic heterocycles. The smallest absolute Gasteiger partial charge is 0.343 e. The first-order valence-corrected chi connectivity index (χ1v) is 7.80. The van der Waals surface area contributed by atoms with E-state index < -0.39 is 5.97 Å². The molecule has 1 heterocycles. The predicted molar refractivity (Wildman–Crippen MR) is 85.6 cm³/mol. The Morgan fingerprint density at radius 1 is 1.32 bits per heavy atom. The van der Waals surface area contributed by atoms with Crippen molar-refractivity contribution in [3.05, 3.63) is 34.9 Å². The Bertz CT molecular complexity index is 720. The maximum Gasteiger partial charge on any atom is 0.343 e. The summed E-state index contributed by atoms with van der Waals surface area (Å²) in [5.74, 6) is 0.591. The van der Waals surface area contributed by atoms with Crippen LogP contribution in [0, 0.1) is 6.92 Å². The minimum atomic E-state index is -0.392. The van der Waals surface area contributed by atoms with Gasteiger partial charge in [0.05, 0.1) is 19.2 Å².